The summed E-state index contributed by atoms with van der Waals surface area (Å²) in [6.07, 6.45) is 7.71. The summed E-state index contributed by atoms with van der Waals surface area (Å²) < 4.78 is 0. The molecule has 2 aliphatic rings. The summed E-state index contributed by atoms with van der Waals surface area (Å²) in [5.41, 5.74) is 0. The quantitative estimate of drug-likeness (QED) is 0.634. The van der Waals surface area contributed by atoms with Crippen LogP contribution in [0.15, 0.2) is 0 Å². The van der Waals surface area contributed by atoms with Gasteiger partial charge in [-0.05, 0) is 52.6 Å². The second-order valence-electron chi connectivity index (χ2n) is 4.74. The molecule has 0 N–H and O–H groups in total. The zero-order chi connectivity index (χ0) is 11.8. The SMILES string of the molecule is C1#CCCC(N2CCCC2)CC1.CC(C)=O. The smallest absolute Gasteiger partial charge is 0.126 e. The van der Waals surface area contributed by atoms with Crippen LogP contribution < -0.4 is 0 Å². The van der Waals surface area contributed by atoms with Crippen LogP contribution in [0, 0.1) is 11.8 Å². The number of likely N-dealkylation sites (tertiary alicyclic amines) is 1. The predicted molar refractivity (Wildman–Crippen MR) is 67.2 cm³/mol. The fraction of sp³-hybridized carbons (Fsp3) is 0.786. The van der Waals surface area contributed by atoms with Gasteiger partial charge in [0.1, 0.15) is 5.78 Å². The van der Waals surface area contributed by atoms with Gasteiger partial charge in [0, 0.05) is 18.9 Å². The molecule has 0 spiro atoms. The molecule has 2 nitrogen and oxygen atoms in total. The van der Waals surface area contributed by atoms with E-state index < -0.39 is 0 Å². The molecule has 90 valence electrons. The number of carbonyl (C=O) groups excluding carboxylic acids is 1. The monoisotopic (exact) mass is 221 g/mol. The molecule has 0 atom stereocenters. The molecule has 0 aromatic rings. The number of rotatable bonds is 1. The van der Waals surface area contributed by atoms with Crippen LogP contribution in [0.1, 0.15) is 52.4 Å². The lowest BCUT2D eigenvalue weighted by molar-refractivity contribution is -0.114. The van der Waals surface area contributed by atoms with Crippen molar-refractivity contribution < 1.29 is 4.79 Å². The normalized spacial score (nSPS) is 21.4. The van der Waals surface area contributed by atoms with Gasteiger partial charge in [-0.25, -0.2) is 0 Å². The van der Waals surface area contributed by atoms with Crippen LogP contribution in [-0.4, -0.2) is 29.8 Å². The molecule has 0 bridgehead atoms. The van der Waals surface area contributed by atoms with E-state index in [4.69, 9.17) is 0 Å². The average molecular weight is 221 g/mol. The van der Waals surface area contributed by atoms with Gasteiger partial charge in [-0.3, -0.25) is 0 Å². The first-order chi connectivity index (χ1) is 7.70. The lowest BCUT2D eigenvalue weighted by atomic mass is 10.1. The third kappa shape index (κ3) is 5.32. The molecule has 0 aromatic carbocycles. The van der Waals surface area contributed by atoms with E-state index in [-0.39, 0.29) is 5.78 Å². The van der Waals surface area contributed by atoms with Gasteiger partial charge in [0.2, 0.25) is 0 Å². The predicted octanol–water partition coefficient (Wildman–Crippen LogP) is 2.62. The third-order valence-corrected chi connectivity index (χ3v) is 2.99. The van der Waals surface area contributed by atoms with Crippen molar-refractivity contribution in [3.63, 3.8) is 0 Å². The molecular formula is C14H23NO. The lowest BCUT2D eigenvalue weighted by Gasteiger charge is -2.25. The van der Waals surface area contributed by atoms with Crippen LogP contribution in [0.2, 0.25) is 0 Å². The maximum Gasteiger partial charge on any atom is 0.126 e. The zero-order valence-electron chi connectivity index (χ0n) is 10.6. The number of Topliss-reactive ketones (excluding diaryl/α,β-unsaturated/α-hetero) is 1. The maximum absolute atomic E-state index is 9.44. The van der Waals surface area contributed by atoms with Crippen molar-refractivity contribution in [3.8, 4) is 11.8 Å². The number of nitrogens with zero attached hydrogens (tertiary/aromatic N) is 1. The third-order valence-electron chi connectivity index (χ3n) is 2.99. The molecule has 16 heavy (non-hydrogen) atoms. The van der Waals surface area contributed by atoms with Crippen molar-refractivity contribution in [2.75, 3.05) is 13.1 Å². The Hall–Kier alpha value is -0.810. The summed E-state index contributed by atoms with van der Waals surface area (Å²) in [5, 5.41) is 0. The highest BCUT2D eigenvalue weighted by Crippen LogP contribution is 2.20. The van der Waals surface area contributed by atoms with Crippen molar-refractivity contribution in [1.29, 1.82) is 0 Å². The van der Waals surface area contributed by atoms with Crippen LogP contribution in [0.4, 0.5) is 0 Å². The first-order valence-corrected chi connectivity index (χ1v) is 6.37. The van der Waals surface area contributed by atoms with Gasteiger partial charge < -0.3 is 9.69 Å². The highest BCUT2D eigenvalue weighted by Gasteiger charge is 2.21. The molecule has 0 amide bonds. The van der Waals surface area contributed by atoms with Gasteiger partial charge in [-0.1, -0.05) is 0 Å². The van der Waals surface area contributed by atoms with Gasteiger partial charge >= 0.3 is 0 Å². The van der Waals surface area contributed by atoms with E-state index in [1.165, 1.54) is 52.6 Å². The molecule has 0 saturated carbocycles. The average Bonchev–Trinajstić information content (AvgIpc) is 2.60. The van der Waals surface area contributed by atoms with Crippen molar-refractivity contribution in [2.45, 2.75) is 58.4 Å². The topological polar surface area (TPSA) is 20.3 Å². The van der Waals surface area contributed by atoms with Crippen LogP contribution in [-0.2, 0) is 4.79 Å². The summed E-state index contributed by atoms with van der Waals surface area (Å²) in [5.74, 6) is 6.61. The molecule has 1 aliphatic carbocycles. The summed E-state index contributed by atoms with van der Waals surface area (Å²) in [4.78, 5) is 12.1. The van der Waals surface area contributed by atoms with Crippen molar-refractivity contribution in [3.05, 3.63) is 0 Å². The second-order valence-corrected chi connectivity index (χ2v) is 4.74. The Morgan fingerprint density at radius 3 is 1.94 bits per heavy atom. The van der Waals surface area contributed by atoms with E-state index in [2.05, 4.69) is 16.7 Å². The van der Waals surface area contributed by atoms with Crippen molar-refractivity contribution >= 4 is 5.78 Å². The molecule has 1 saturated heterocycles. The van der Waals surface area contributed by atoms with Crippen molar-refractivity contribution in [1.82, 2.24) is 4.90 Å². The molecule has 1 fully saturated rings. The minimum atomic E-state index is 0.167. The van der Waals surface area contributed by atoms with E-state index in [9.17, 15) is 4.79 Å². The maximum atomic E-state index is 9.44. The second kappa shape index (κ2) is 7.46. The lowest BCUT2D eigenvalue weighted by Crippen LogP contribution is -2.32. The molecule has 0 aromatic heterocycles. The molecule has 1 aliphatic heterocycles. The van der Waals surface area contributed by atoms with Gasteiger partial charge in [-0.15, -0.1) is 11.8 Å². The van der Waals surface area contributed by atoms with E-state index >= 15 is 0 Å². The molecule has 0 unspecified atom stereocenters. The molecule has 1 heterocycles. The van der Waals surface area contributed by atoms with E-state index in [1.807, 2.05) is 0 Å². The van der Waals surface area contributed by atoms with Crippen LogP contribution in [0.3, 0.4) is 0 Å². The van der Waals surface area contributed by atoms with E-state index in [0.717, 1.165) is 18.9 Å². The van der Waals surface area contributed by atoms with Gasteiger partial charge in [-0.2, -0.15) is 0 Å². The van der Waals surface area contributed by atoms with Gasteiger partial charge in [0.25, 0.3) is 0 Å². The molecule has 0 radical (unpaired) electrons. The van der Waals surface area contributed by atoms with Crippen LogP contribution >= 0.6 is 0 Å². The summed E-state index contributed by atoms with van der Waals surface area (Å²) in [6, 6.07) is 0.843. The fourth-order valence-electron chi connectivity index (χ4n) is 2.27. The number of hydrogen-bond acceptors (Lipinski definition) is 2. The van der Waals surface area contributed by atoms with Crippen LogP contribution in [0.25, 0.3) is 0 Å². The molecular weight excluding hydrogens is 198 g/mol. The van der Waals surface area contributed by atoms with E-state index in [1.54, 1.807) is 0 Å². The van der Waals surface area contributed by atoms with Crippen molar-refractivity contribution in [2.24, 2.45) is 0 Å². The first kappa shape index (κ1) is 13.3. The van der Waals surface area contributed by atoms with Gasteiger partial charge in [0.05, 0.1) is 0 Å². The largest absolute Gasteiger partial charge is 0.300 e. The molecule has 2 heteroatoms. The van der Waals surface area contributed by atoms with Gasteiger partial charge in [0.15, 0.2) is 0 Å². The summed E-state index contributed by atoms with van der Waals surface area (Å²) >= 11 is 0. The highest BCUT2D eigenvalue weighted by molar-refractivity contribution is 5.72. The Bertz CT molecular complexity index is 252. The minimum Gasteiger partial charge on any atom is -0.300 e. The molecule has 2 rings (SSSR count). The Morgan fingerprint density at radius 2 is 1.50 bits per heavy atom. The fourth-order valence-corrected chi connectivity index (χ4v) is 2.27. The Labute approximate surface area is 99.4 Å². The van der Waals surface area contributed by atoms with Crippen LogP contribution in [0.5, 0.6) is 0 Å². The number of ketones is 1. The number of carbonyl (C=O) groups is 1. The summed E-state index contributed by atoms with van der Waals surface area (Å²) in [7, 11) is 0. The minimum absolute atomic E-state index is 0.167. The van der Waals surface area contributed by atoms with E-state index in [0.29, 0.717) is 0 Å². The number of hydrogen-bond donors (Lipinski definition) is 0. The zero-order valence-corrected chi connectivity index (χ0v) is 10.6. The Balaban J connectivity index is 0.000000280. The summed E-state index contributed by atoms with van der Waals surface area (Å²) in [6.45, 7) is 5.73. The standard InChI is InChI=1S/C11H17N.C3H6O/c1-2-4-8-11(7-3-1)12-9-5-6-10-12;1-3(2)4/h11H,3-10H2;1-2H3. The highest BCUT2D eigenvalue weighted by atomic mass is 16.1. The Morgan fingerprint density at radius 1 is 1.06 bits per heavy atom. The Kier molecular flexibility index (Phi) is 6.18. The first-order valence-electron chi connectivity index (χ1n) is 6.37.